The monoisotopic (exact) mass is 420 g/mol. The van der Waals surface area contributed by atoms with Gasteiger partial charge in [0.1, 0.15) is 12.1 Å². The normalized spacial score (nSPS) is 12.0. The van der Waals surface area contributed by atoms with Crippen LogP contribution < -0.4 is 14.8 Å². The Balaban J connectivity index is 1.69. The Morgan fingerprint density at radius 2 is 2.00 bits per heavy atom. The third-order valence-corrected chi connectivity index (χ3v) is 5.64. The molecule has 0 aliphatic heterocycles. The molecule has 2 aromatic carbocycles. The SMILES string of the molecule is CCC(C)Oc1cc2ncnc(Nc3cccc(-c4csc(C)n4)c3)c2cc1OC. The van der Waals surface area contributed by atoms with Gasteiger partial charge in [0.15, 0.2) is 11.5 Å². The Hall–Kier alpha value is -3.19. The number of anilines is 2. The van der Waals surface area contributed by atoms with Crippen LogP contribution in [0, 0.1) is 6.92 Å². The van der Waals surface area contributed by atoms with Gasteiger partial charge in [0.2, 0.25) is 0 Å². The van der Waals surface area contributed by atoms with E-state index in [9.17, 15) is 0 Å². The zero-order chi connectivity index (χ0) is 21.1. The lowest BCUT2D eigenvalue weighted by atomic mass is 10.1. The number of methoxy groups -OCH3 is 1. The molecule has 154 valence electrons. The van der Waals surface area contributed by atoms with E-state index in [1.54, 1.807) is 24.8 Å². The summed E-state index contributed by atoms with van der Waals surface area (Å²) in [7, 11) is 1.64. The van der Waals surface area contributed by atoms with Crippen molar-refractivity contribution in [2.24, 2.45) is 0 Å². The molecule has 6 nitrogen and oxygen atoms in total. The summed E-state index contributed by atoms with van der Waals surface area (Å²) in [5.74, 6) is 2.05. The lowest BCUT2D eigenvalue weighted by Gasteiger charge is -2.17. The van der Waals surface area contributed by atoms with E-state index in [1.807, 2.05) is 38.1 Å². The summed E-state index contributed by atoms with van der Waals surface area (Å²) in [5.41, 5.74) is 3.75. The Kier molecular flexibility index (Phi) is 5.81. The van der Waals surface area contributed by atoms with Crippen molar-refractivity contribution in [3.63, 3.8) is 0 Å². The van der Waals surface area contributed by atoms with Crippen molar-refractivity contribution in [3.05, 3.63) is 53.1 Å². The second kappa shape index (κ2) is 8.67. The highest BCUT2D eigenvalue weighted by Crippen LogP contribution is 2.35. The fraction of sp³-hybridized carbons (Fsp3) is 0.261. The van der Waals surface area contributed by atoms with E-state index in [4.69, 9.17) is 9.47 Å². The minimum Gasteiger partial charge on any atom is -0.493 e. The molecule has 1 unspecified atom stereocenters. The molecule has 0 fully saturated rings. The highest BCUT2D eigenvalue weighted by molar-refractivity contribution is 7.09. The number of aryl methyl sites for hydroxylation is 1. The molecule has 0 bridgehead atoms. The summed E-state index contributed by atoms with van der Waals surface area (Å²) in [4.78, 5) is 13.5. The van der Waals surface area contributed by atoms with Gasteiger partial charge in [0, 0.05) is 28.1 Å². The molecule has 1 atom stereocenters. The third-order valence-electron chi connectivity index (χ3n) is 4.86. The molecule has 0 radical (unpaired) electrons. The summed E-state index contributed by atoms with van der Waals surface area (Å²) in [6.45, 7) is 6.13. The van der Waals surface area contributed by atoms with Gasteiger partial charge in [-0.15, -0.1) is 11.3 Å². The third kappa shape index (κ3) is 4.21. The number of thiazole rings is 1. The minimum absolute atomic E-state index is 0.0906. The summed E-state index contributed by atoms with van der Waals surface area (Å²) in [6.07, 6.45) is 2.55. The molecule has 30 heavy (non-hydrogen) atoms. The van der Waals surface area contributed by atoms with E-state index >= 15 is 0 Å². The fourth-order valence-electron chi connectivity index (χ4n) is 3.10. The number of ether oxygens (including phenoxy) is 2. The number of aromatic nitrogens is 3. The molecule has 0 saturated carbocycles. The first-order valence-electron chi connectivity index (χ1n) is 9.86. The van der Waals surface area contributed by atoms with Crippen LogP contribution in [0.5, 0.6) is 11.5 Å². The Morgan fingerprint density at radius 1 is 1.13 bits per heavy atom. The minimum atomic E-state index is 0.0906. The first-order chi connectivity index (χ1) is 14.6. The largest absolute Gasteiger partial charge is 0.493 e. The van der Waals surface area contributed by atoms with E-state index < -0.39 is 0 Å². The predicted octanol–water partition coefficient (Wildman–Crippen LogP) is 5.99. The molecule has 0 aliphatic rings. The van der Waals surface area contributed by atoms with Gasteiger partial charge >= 0.3 is 0 Å². The lowest BCUT2D eigenvalue weighted by Crippen LogP contribution is -2.10. The number of nitrogens with one attached hydrogen (secondary N) is 1. The maximum absolute atomic E-state index is 6.01. The Bertz CT molecular complexity index is 1180. The van der Waals surface area contributed by atoms with Gasteiger partial charge in [0.25, 0.3) is 0 Å². The Morgan fingerprint density at radius 3 is 2.73 bits per heavy atom. The fourth-order valence-corrected chi connectivity index (χ4v) is 3.73. The predicted molar refractivity (Wildman–Crippen MR) is 122 cm³/mol. The number of benzene rings is 2. The molecule has 7 heteroatoms. The summed E-state index contributed by atoms with van der Waals surface area (Å²) >= 11 is 1.64. The van der Waals surface area contributed by atoms with Crippen LogP contribution in [0.1, 0.15) is 25.3 Å². The second-order valence-corrected chi connectivity index (χ2v) is 8.10. The standard InChI is InChI=1S/C23H24N4O2S/c1-5-14(2)29-22-11-19-18(10-21(22)28-4)23(25-13-24-19)27-17-8-6-7-16(9-17)20-12-30-15(3)26-20/h6-14H,5H2,1-4H3,(H,24,25,27). The molecular weight excluding hydrogens is 396 g/mol. The molecule has 0 saturated heterocycles. The van der Waals surface area contributed by atoms with Gasteiger partial charge in [-0.2, -0.15) is 0 Å². The van der Waals surface area contributed by atoms with Gasteiger partial charge in [0.05, 0.1) is 29.4 Å². The highest BCUT2D eigenvalue weighted by Gasteiger charge is 2.14. The van der Waals surface area contributed by atoms with Crippen LogP contribution in [0.2, 0.25) is 0 Å². The number of rotatable bonds is 7. The van der Waals surface area contributed by atoms with E-state index in [-0.39, 0.29) is 6.10 Å². The smallest absolute Gasteiger partial charge is 0.163 e. The van der Waals surface area contributed by atoms with Crippen LogP contribution in [0.15, 0.2) is 48.1 Å². The number of fused-ring (bicyclic) bond motifs is 1. The lowest BCUT2D eigenvalue weighted by molar-refractivity contribution is 0.208. The number of nitrogens with zero attached hydrogens (tertiary/aromatic N) is 3. The molecule has 0 amide bonds. The zero-order valence-corrected chi connectivity index (χ0v) is 18.3. The van der Waals surface area contributed by atoms with Crippen LogP contribution in [0.4, 0.5) is 11.5 Å². The van der Waals surface area contributed by atoms with Crippen molar-refractivity contribution in [3.8, 4) is 22.8 Å². The van der Waals surface area contributed by atoms with Gasteiger partial charge in [-0.25, -0.2) is 15.0 Å². The first kappa shape index (κ1) is 20.1. The molecule has 4 rings (SSSR count). The van der Waals surface area contributed by atoms with E-state index in [1.165, 1.54) is 0 Å². The van der Waals surface area contributed by atoms with Crippen LogP contribution in [0.25, 0.3) is 22.2 Å². The molecule has 0 spiro atoms. The van der Waals surface area contributed by atoms with E-state index in [0.29, 0.717) is 17.3 Å². The molecule has 2 heterocycles. The van der Waals surface area contributed by atoms with Crippen molar-refractivity contribution < 1.29 is 9.47 Å². The second-order valence-electron chi connectivity index (χ2n) is 7.04. The topological polar surface area (TPSA) is 69.2 Å². The van der Waals surface area contributed by atoms with Gasteiger partial charge in [-0.3, -0.25) is 0 Å². The average Bonchev–Trinajstić information content (AvgIpc) is 3.20. The van der Waals surface area contributed by atoms with Gasteiger partial charge < -0.3 is 14.8 Å². The maximum atomic E-state index is 6.01. The van der Waals surface area contributed by atoms with Crippen LogP contribution in [-0.2, 0) is 0 Å². The number of hydrogen-bond donors (Lipinski definition) is 1. The number of hydrogen-bond acceptors (Lipinski definition) is 7. The average molecular weight is 421 g/mol. The van der Waals surface area contributed by atoms with Gasteiger partial charge in [-0.05, 0) is 38.5 Å². The zero-order valence-electron chi connectivity index (χ0n) is 17.5. The van der Waals surface area contributed by atoms with Crippen LogP contribution >= 0.6 is 11.3 Å². The Labute approximate surface area is 179 Å². The van der Waals surface area contributed by atoms with E-state index in [0.717, 1.165) is 39.3 Å². The van der Waals surface area contributed by atoms with Gasteiger partial charge in [-0.1, -0.05) is 19.1 Å². The molecule has 1 N–H and O–H groups in total. The van der Waals surface area contributed by atoms with Crippen molar-refractivity contribution in [1.29, 1.82) is 0 Å². The van der Waals surface area contributed by atoms with Crippen molar-refractivity contribution in [2.75, 3.05) is 12.4 Å². The van der Waals surface area contributed by atoms with Crippen molar-refractivity contribution in [1.82, 2.24) is 15.0 Å². The summed E-state index contributed by atoms with van der Waals surface area (Å²) < 4.78 is 11.6. The van der Waals surface area contributed by atoms with E-state index in [2.05, 4.69) is 44.7 Å². The highest BCUT2D eigenvalue weighted by atomic mass is 32.1. The molecule has 4 aromatic rings. The van der Waals surface area contributed by atoms with Crippen molar-refractivity contribution in [2.45, 2.75) is 33.3 Å². The maximum Gasteiger partial charge on any atom is 0.163 e. The summed E-state index contributed by atoms with van der Waals surface area (Å²) in [5, 5.41) is 7.39. The quantitative estimate of drug-likeness (QED) is 0.396. The van der Waals surface area contributed by atoms with Crippen LogP contribution in [0.3, 0.4) is 0 Å². The molecular formula is C23H24N4O2S. The van der Waals surface area contributed by atoms with Crippen molar-refractivity contribution >= 4 is 33.7 Å². The first-order valence-corrected chi connectivity index (χ1v) is 10.7. The van der Waals surface area contributed by atoms with Crippen LogP contribution in [-0.4, -0.2) is 28.2 Å². The summed E-state index contributed by atoms with van der Waals surface area (Å²) in [6, 6.07) is 12.0. The molecule has 0 aliphatic carbocycles. The molecule has 2 aromatic heterocycles.